The highest BCUT2D eigenvalue weighted by molar-refractivity contribution is 7.80. The van der Waals surface area contributed by atoms with Crippen LogP contribution >= 0.6 is 0 Å². The zero-order valence-electron chi connectivity index (χ0n) is 22.3. The molecule has 0 spiro atoms. The molecule has 0 aliphatic heterocycles. The summed E-state index contributed by atoms with van der Waals surface area (Å²) in [5.74, 6) is 0.230. The van der Waals surface area contributed by atoms with Gasteiger partial charge in [0.25, 0.3) is 0 Å². The van der Waals surface area contributed by atoms with Crippen molar-refractivity contribution in [3.63, 3.8) is 0 Å². The summed E-state index contributed by atoms with van der Waals surface area (Å²) in [6.07, 6.45) is 21.2. The summed E-state index contributed by atoms with van der Waals surface area (Å²) in [7, 11) is 2.04. The van der Waals surface area contributed by atoms with Crippen molar-refractivity contribution in [1.82, 2.24) is 5.32 Å². The van der Waals surface area contributed by atoms with Crippen molar-refractivity contribution >= 4 is 16.3 Å². The molecule has 0 aromatic heterocycles. The Morgan fingerprint density at radius 2 is 1.15 bits per heavy atom. The molecule has 1 N–H and O–H groups in total. The van der Waals surface area contributed by atoms with Gasteiger partial charge < -0.3 is 14.4 Å². The predicted molar refractivity (Wildman–Crippen MR) is 137 cm³/mol. The zero-order chi connectivity index (χ0) is 25.4. The van der Waals surface area contributed by atoms with Crippen LogP contribution < -0.4 is 5.32 Å². The van der Waals surface area contributed by atoms with Crippen molar-refractivity contribution in [3.05, 3.63) is 0 Å². The van der Waals surface area contributed by atoms with Crippen molar-refractivity contribution in [3.8, 4) is 0 Å². The Labute approximate surface area is 205 Å². The monoisotopic (exact) mass is 494 g/mol. The zero-order valence-corrected chi connectivity index (χ0v) is 23.1. The van der Waals surface area contributed by atoms with Crippen LogP contribution in [-0.4, -0.2) is 64.2 Å². The maximum atomic E-state index is 11.7. The minimum absolute atomic E-state index is 0.0914. The third-order valence-corrected chi connectivity index (χ3v) is 5.90. The van der Waals surface area contributed by atoms with Crippen LogP contribution in [0.1, 0.15) is 117 Å². The van der Waals surface area contributed by atoms with Crippen molar-refractivity contribution in [2.75, 3.05) is 40.8 Å². The quantitative estimate of drug-likeness (QED) is 0.0976. The van der Waals surface area contributed by atoms with Gasteiger partial charge in [-0.2, -0.15) is 0 Å². The second kappa shape index (κ2) is 23.1. The summed E-state index contributed by atoms with van der Waals surface area (Å²) in [6, 6.07) is 0. The van der Waals surface area contributed by atoms with Crippen molar-refractivity contribution in [2.45, 2.75) is 117 Å². The number of likely N-dealkylation sites (N-methyl/N-ethyl adjacent to an activating group) is 1. The van der Waals surface area contributed by atoms with Crippen LogP contribution in [0.25, 0.3) is 0 Å². The van der Waals surface area contributed by atoms with Crippen LogP contribution in [0.4, 0.5) is 0 Å². The first-order valence-electron chi connectivity index (χ1n) is 13.2. The first-order chi connectivity index (χ1) is 15.5. The third-order valence-electron chi connectivity index (χ3n) is 5.37. The Hall–Kier alpha value is -0.700. The summed E-state index contributed by atoms with van der Waals surface area (Å²) in [4.78, 5) is 11.7. The van der Waals surface area contributed by atoms with E-state index < -0.39 is 10.4 Å². The molecule has 200 valence electrons. The van der Waals surface area contributed by atoms with Gasteiger partial charge >= 0.3 is 0 Å². The van der Waals surface area contributed by atoms with Gasteiger partial charge in [0.15, 0.2) is 0 Å². The van der Waals surface area contributed by atoms with Crippen LogP contribution in [0, 0.1) is 0 Å². The first kappa shape index (κ1) is 34.5. The highest BCUT2D eigenvalue weighted by Crippen LogP contribution is 2.13. The van der Waals surface area contributed by atoms with E-state index in [0.29, 0.717) is 6.42 Å². The van der Waals surface area contributed by atoms with Gasteiger partial charge in [-0.3, -0.25) is 8.98 Å². The Morgan fingerprint density at radius 3 is 1.45 bits per heavy atom. The highest BCUT2D eigenvalue weighted by atomic mass is 32.3. The Bertz CT molecular complexity index is 533. The largest absolute Gasteiger partial charge is 0.726 e. The number of hydrogen-bond acceptors (Lipinski definition) is 5. The molecule has 0 radical (unpaired) electrons. The van der Waals surface area contributed by atoms with E-state index >= 15 is 0 Å². The van der Waals surface area contributed by atoms with Crippen LogP contribution in [-0.2, 0) is 19.4 Å². The van der Waals surface area contributed by atoms with E-state index in [1.54, 1.807) is 0 Å². The fourth-order valence-corrected chi connectivity index (χ4v) is 3.71. The SMILES string of the molecule is CCCCCCCCCCCCCCCCCC(=O)NCC[N+](C)(C)C.CCOS(=O)(=O)[O-]. The van der Waals surface area contributed by atoms with Crippen LogP contribution in [0.2, 0.25) is 0 Å². The van der Waals surface area contributed by atoms with Crippen LogP contribution in [0.15, 0.2) is 0 Å². The number of quaternary nitrogens is 1. The molecule has 33 heavy (non-hydrogen) atoms. The lowest BCUT2D eigenvalue weighted by Gasteiger charge is -2.23. The molecule has 8 heteroatoms. The highest BCUT2D eigenvalue weighted by Gasteiger charge is 2.07. The average molecular weight is 495 g/mol. The molecule has 0 aromatic carbocycles. The Morgan fingerprint density at radius 1 is 0.758 bits per heavy atom. The first-order valence-corrected chi connectivity index (χ1v) is 14.5. The number of rotatable bonds is 21. The normalized spacial score (nSPS) is 11.7. The minimum Gasteiger partial charge on any atom is -0.726 e. The number of nitrogens with zero attached hydrogens (tertiary/aromatic N) is 1. The number of nitrogens with one attached hydrogen (secondary N) is 1. The smallest absolute Gasteiger partial charge is 0.220 e. The maximum absolute atomic E-state index is 11.7. The molecule has 0 aromatic rings. The summed E-state index contributed by atoms with van der Waals surface area (Å²) in [5.41, 5.74) is 0. The molecule has 0 saturated heterocycles. The number of hydrogen-bond donors (Lipinski definition) is 1. The molecule has 1 amide bonds. The second-order valence-corrected chi connectivity index (χ2v) is 10.9. The number of carbonyl (C=O) groups excluding carboxylic acids is 1. The molecular formula is C25H54N2O5S. The Kier molecular flexibility index (Phi) is 24.1. The van der Waals surface area contributed by atoms with Gasteiger partial charge in [-0.15, -0.1) is 0 Å². The van der Waals surface area contributed by atoms with Gasteiger partial charge in [-0.25, -0.2) is 8.42 Å². The van der Waals surface area contributed by atoms with E-state index in [-0.39, 0.29) is 12.5 Å². The fraction of sp³-hybridized carbons (Fsp3) is 0.960. The van der Waals surface area contributed by atoms with Gasteiger partial charge in [0.1, 0.15) is 0 Å². The minimum atomic E-state index is -4.42. The summed E-state index contributed by atoms with van der Waals surface area (Å²) < 4.78 is 32.9. The van der Waals surface area contributed by atoms with E-state index in [1.165, 1.54) is 96.8 Å². The molecule has 0 unspecified atom stereocenters. The summed E-state index contributed by atoms with van der Waals surface area (Å²) in [6.45, 7) is 5.40. The third kappa shape index (κ3) is 36.1. The molecule has 0 saturated carbocycles. The van der Waals surface area contributed by atoms with E-state index in [2.05, 4.69) is 37.6 Å². The molecule has 0 bridgehead atoms. The van der Waals surface area contributed by atoms with Gasteiger partial charge in [0.05, 0.1) is 40.8 Å². The molecule has 7 nitrogen and oxygen atoms in total. The second-order valence-electron chi connectivity index (χ2n) is 9.88. The summed E-state index contributed by atoms with van der Waals surface area (Å²) in [5, 5.41) is 3.03. The van der Waals surface area contributed by atoms with Crippen molar-refractivity contribution in [1.29, 1.82) is 0 Å². The number of amides is 1. The van der Waals surface area contributed by atoms with E-state index in [9.17, 15) is 17.8 Å². The van der Waals surface area contributed by atoms with Gasteiger partial charge in [0.2, 0.25) is 16.3 Å². The van der Waals surface area contributed by atoms with Crippen LogP contribution in [0.3, 0.4) is 0 Å². The molecule has 0 heterocycles. The molecule has 0 aliphatic carbocycles. The molecule has 0 rings (SSSR count). The van der Waals surface area contributed by atoms with Gasteiger partial charge in [0, 0.05) is 6.42 Å². The molecular weight excluding hydrogens is 440 g/mol. The lowest BCUT2D eigenvalue weighted by atomic mass is 10.0. The fourth-order valence-electron chi connectivity index (χ4n) is 3.42. The standard InChI is InChI=1S/C23H48N2O.C2H6O4S/c1-5-6-7-8-9-10-11-12-13-14-15-16-17-18-19-20-23(26)24-21-22-25(2,3)4;1-2-6-7(3,4)5/h5-22H2,1-4H3;2H2,1H3,(H,3,4,5). The molecule has 0 atom stereocenters. The van der Waals surface area contributed by atoms with Gasteiger partial charge in [-0.05, 0) is 13.3 Å². The lowest BCUT2D eigenvalue weighted by Crippen LogP contribution is -2.41. The number of unbranched alkanes of at least 4 members (excludes halogenated alkanes) is 14. The van der Waals surface area contributed by atoms with Crippen LogP contribution in [0.5, 0.6) is 0 Å². The van der Waals surface area contributed by atoms with E-state index in [4.69, 9.17) is 0 Å². The summed E-state index contributed by atoms with van der Waals surface area (Å²) >= 11 is 0. The van der Waals surface area contributed by atoms with Crippen molar-refractivity contribution < 1.29 is 26.4 Å². The van der Waals surface area contributed by atoms with Gasteiger partial charge in [-0.1, -0.05) is 96.8 Å². The predicted octanol–water partition coefficient (Wildman–Crippen LogP) is 5.55. The average Bonchev–Trinajstić information content (AvgIpc) is 2.69. The van der Waals surface area contributed by atoms with E-state index in [0.717, 1.165) is 24.0 Å². The van der Waals surface area contributed by atoms with E-state index in [1.807, 2.05) is 0 Å². The molecule has 0 fully saturated rings. The topological polar surface area (TPSA) is 95.5 Å². The Balaban J connectivity index is 0. The number of carbonyl (C=O) groups is 1. The molecule has 0 aliphatic rings. The van der Waals surface area contributed by atoms with Crippen molar-refractivity contribution in [2.24, 2.45) is 0 Å². The maximum Gasteiger partial charge on any atom is 0.220 e. The lowest BCUT2D eigenvalue weighted by molar-refractivity contribution is -0.869.